The smallest absolute Gasteiger partial charge is 0.416 e. The zero-order chi connectivity index (χ0) is 26.3. The van der Waals surface area contributed by atoms with Crippen molar-refractivity contribution in [2.75, 3.05) is 6.61 Å². The normalized spacial score (nSPS) is 12.3. The lowest BCUT2D eigenvalue weighted by Gasteiger charge is -2.19. The molecule has 0 atom stereocenters. The van der Waals surface area contributed by atoms with E-state index >= 15 is 0 Å². The van der Waals surface area contributed by atoms with Crippen molar-refractivity contribution in [3.05, 3.63) is 55.6 Å². The first-order valence-electron chi connectivity index (χ1n) is 10.6. The van der Waals surface area contributed by atoms with Crippen LogP contribution in [0.1, 0.15) is 37.0 Å². The fourth-order valence-electron chi connectivity index (χ4n) is 3.35. The Morgan fingerprint density at radius 3 is 2.50 bits per heavy atom. The molecule has 190 valence electrons. The zero-order valence-electron chi connectivity index (χ0n) is 19.3. The molecule has 13 heteroatoms. The van der Waals surface area contributed by atoms with Gasteiger partial charge in [0.15, 0.2) is 6.61 Å². The minimum Gasteiger partial charge on any atom is -0.457 e. The molecule has 0 aliphatic rings. The lowest BCUT2D eigenvalue weighted by Crippen LogP contribution is -2.28. The topological polar surface area (TPSA) is 100 Å². The van der Waals surface area contributed by atoms with E-state index in [9.17, 15) is 27.6 Å². The van der Waals surface area contributed by atoms with Crippen LogP contribution in [0, 0.1) is 0 Å². The van der Waals surface area contributed by atoms with Crippen LogP contribution in [-0.4, -0.2) is 38.9 Å². The molecule has 4 aromatic rings. The molecule has 0 aliphatic carbocycles. The first kappa shape index (κ1) is 25.8. The second kappa shape index (κ2) is 9.62. The van der Waals surface area contributed by atoms with Crippen molar-refractivity contribution < 1.29 is 32.2 Å². The molecule has 0 N–H and O–H groups in total. The number of hydrogen-bond acceptors (Lipinski definition) is 9. The molecule has 0 bridgehead atoms. The lowest BCUT2D eigenvalue weighted by molar-refractivity contribution is -0.166. The van der Waals surface area contributed by atoms with Gasteiger partial charge in [0.2, 0.25) is 0 Å². The van der Waals surface area contributed by atoms with Crippen LogP contribution in [0.25, 0.3) is 21.0 Å². The molecule has 4 rings (SSSR count). The average Bonchev–Trinajstić information content (AvgIpc) is 3.40. The molecule has 36 heavy (non-hydrogen) atoms. The van der Waals surface area contributed by atoms with Crippen molar-refractivity contribution in [3.63, 3.8) is 0 Å². The van der Waals surface area contributed by atoms with E-state index in [1.807, 2.05) is 0 Å². The standard InChI is InChI=1S/C23H20F3N3O5S2/c1-22(2,3)34-20(31)9-33-19(30)7-15-13-10-35-11-14(13)21(32)29(28-15)8-18-27-16-6-12(23(24,25)26)4-5-17(16)36-18/h4-6,10-11H,7-9H2,1-3H3. The summed E-state index contributed by atoms with van der Waals surface area (Å²) in [5.41, 5.74) is -1.53. The number of halogens is 3. The number of carbonyl (C=O) groups is 2. The summed E-state index contributed by atoms with van der Waals surface area (Å²) in [7, 11) is 0. The maximum absolute atomic E-state index is 13.0. The van der Waals surface area contributed by atoms with Gasteiger partial charge >= 0.3 is 18.1 Å². The van der Waals surface area contributed by atoms with Gasteiger partial charge in [0.25, 0.3) is 5.56 Å². The highest BCUT2D eigenvalue weighted by Gasteiger charge is 2.31. The van der Waals surface area contributed by atoms with Gasteiger partial charge in [0.1, 0.15) is 10.6 Å². The largest absolute Gasteiger partial charge is 0.457 e. The predicted octanol–water partition coefficient (Wildman–Crippen LogP) is 4.56. The predicted molar refractivity (Wildman–Crippen MR) is 128 cm³/mol. The molecule has 0 spiro atoms. The Hall–Kier alpha value is -3.32. The molecule has 8 nitrogen and oxygen atoms in total. The number of thiazole rings is 1. The van der Waals surface area contributed by atoms with E-state index in [4.69, 9.17) is 9.47 Å². The minimum atomic E-state index is -4.49. The van der Waals surface area contributed by atoms with Gasteiger partial charge < -0.3 is 9.47 Å². The SMILES string of the molecule is CC(C)(C)OC(=O)COC(=O)Cc1nn(Cc2nc3cc(C(F)(F)F)ccc3s2)c(=O)c2cscc12. The van der Waals surface area contributed by atoms with Crippen LogP contribution in [0.5, 0.6) is 0 Å². The molecule has 0 saturated carbocycles. The van der Waals surface area contributed by atoms with Gasteiger partial charge in [-0.05, 0) is 39.0 Å². The number of carbonyl (C=O) groups excluding carboxylic acids is 2. The highest BCUT2D eigenvalue weighted by Crippen LogP contribution is 2.33. The fraction of sp³-hybridized carbons (Fsp3) is 0.348. The van der Waals surface area contributed by atoms with E-state index in [0.717, 1.165) is 28.2 Å². The second-order valence-electron chi connectivity index (χ2n) is 8.82. The number of rotatable bonds is 6. The maximum atomic E-state index is 13.0. The Morgan fingerprint density at radius 2 is 1.81 bits per heavy atom. The van der Waals surface area contributed by atoms with Crippen molar-refractivity contribution in [2.45, 2.75) is 45.5 Å². The van der Waals surface area contributed by atoms with E-state index in [-0.39, 0.29) is 24.2 Å². The highest BCUT2D eigenvalue weighted by molar-refractivity contribution is 7.18. The number of fused-ring (bicyclic) bond motifs is 2. The second-order valence-corrected chi connectivity index (χ2v) is 10.7. The summed E-state index contributed by atoms with van der Waals surface area (Å²) in [5, 5.41) is 8.81. The molecular formula is C23H20F3N3O5S2. The average molecular weight is 540 g/mol. The van der Waals surface area contributed by atoms with Crippen molar-refractivity contribution in [2.24, 2.45) is 0 Å². The molecular weight excluding hydrogens is 519 g/mol. The maximum Gasteiger partial charge on any atom is 0.416 e. The number of hydrogen-bond donors (Lipinski definition) is 0. The molecule has 0 radical (unpaired) electrons. The highest BCUT2D eigenvalue weighted by atomic mass is 32.1. The molecule has 3 heterocycles. The van der Waals surface area contributed by atoms with Crippen LogP contribution in [0.2, 0.25) is 0 Å². The van der Waals surface area contributed by atoms with Gasteiger partial charge in [-0.2, -0.15) is 29.6 Å². The van der Waals surface area contributed by atoms with Crippen LogP contribution in [0.15, 0.2) is 33.8 Å². The molecule has 0 saturated heterocycles. The number of nitrogens with zero attached hydrogens (tertiary/aromatic N) is 3. The van der Waals surface area contributed by atoms with Crippen molar-refractivity contribution in [1.82, 2.24) is 14.8 Å². The van der Waals surface area contributed by atoms with Gasteiger partial charge in [-0.3, -0.25) is 9.59 Å². The number of alkyl halides is 3. The summed E-state index contributed by atoms with van der Waals surface area (Å²) in [6.07, 6.45) is -4.79. The van der Waals surface area contributed by atoms with Crippen LogP contribution in [-0.2, 0) is 38.2 Å². The molecule has 0 amide bonds. The van der Waals surface area contributed by atoms with Gasteiger partial charge in [-0.25, -0.2) is 14.5 Å². The Balaban J connectivity index is 1.56. The fourth-order valence-corrected chi connectivity index (χ4v) is 5.11. The first-order chi connectivity index (χ1) is 16.8. The summed E-state index contributed by atoms with van der Waals surface area (Å²) in [6.45, 7) is 4.41. The monoisotopic (exact) mass is 539 g/mol. The Morgan fingerprint density at radius 1 is 1.08 bits per heavy atom. The summed E-state index contributed by atoms with van der Waals surface area (Å²) in [4.78, 5) is 41.4. The van der Waals surface area contributed by atoms with Gasteiger partial charge in [-0.1, -0.05) is 0 Å². The van der Waals surface area contributed by atoms with Crippen LogP contribution in [0.3, 0.4) is 0 Å². The Labute approximate surface area is 210 Å². The number of thiophene rings is 1. The number of esters is 2. The summed E-state index contributed by atoms with van der Waals surface area (Å²) in [5.74, 6) is -1.43. The van der Waals surface area contributed by atoms with E-state index in [0.29, 0.717) is 20.5 Å². The van der Waals surface area contributed by atoms with Crippen LogP contribution in [0.4, 0.5) is 13.2 Å². The van der Waals surface area contributed by atoms with Crippen LogP contribution < -0.4 is 5.56 Å². The minimum absolute atomic E-state index is 0.0920. The zero-order valence-corrected chi connectivity index (χ0v) is 21.0. The van der Waals surface area contributed by atoms with E-state index < -0.39 is 41.4 Å². The van der Waals surface area contributed by atoms with Crippen LogP contribution >= 0.6 is 22.7 Å². The lowest BCUT2D eigenvalue weighted by atomic mass is 10.2. The van der Waals surface area contributed by atoms with E-state index in [1.165, 1.54) is 17.4 Å². The molecule has 0 fully saturated rings. The third-order valence-electron chi connectivity index (χ3n) is 4.81. The van der Waals surface area contributed by atoms with Crippen molar-refractivity contribution >= 4 is 55.6 Å². The van der Waals surface area contributed by atoms with Crippen molar-refractivity contribution in [1.29, 1.82) is 0 Å². The molecule has 0 aliphatic heterocycles. The summed E-state index contributed by atoms with van der Waals surface area (Å²) in [6, 6.07) is 3.27. The van der Waals surface area contributed by atoms with E-state index in [2.05, 4.69) is 10.1 Å². The Kier molecular flexibility index (Phi) is 6.88. The molecule has 1 aromatic carbocycles. The van der Waals surface area contributed by atoms with Gasteiger partial charge in [0, 0.05) is 16.1 Å². The van der Waals surface area contributed by atoms with Gasteiger partial charge in [0.05, 0.1) is 39.8 Å². The summed E-state index contributed by atoms with van der Waals surface area (Å²) >= 11 is 2.40. The number of aromatic nitrogens is 3. The first-order valence-corrected chi connectivity index (χ1v) is 12.4. The third kappa shape index (κ3) is 5.90. The molecule has 3 aromatic heterocycles. The quantitative estimate of drug-likeness (QED) is 0.331. The Bertz CT molecular complexity index is 1520. The summed E-state index contributed by atoms with van der Waals surface area (Å²) < 4.78 is 50.8. The third-order valence-corrected chi connectivity index (χ3v) is 6.57. The van der Waals surface area contributed by atoms with Crippen molar-refractivity contribution in [3.8, 4) is 0 Å². The number of benzene rings is 1. The number of ether oxygens (including phenoxy) is 2. The van der Waals surface area contributed by atoms with Gasteiger partial charge in [-0.15, -0.1) is 11.3 Å². The molecule has 0 unspecified atom stereocenters. The van der Waals surface area contributed by atoms with E-state index in [1.54, 1.807) is 31.5 Å².